The van der Waals surface area contributed by atoms with Crippen LogP contribution in [0.4, 0.5) is 5.69 Å². The number of nitrogens with one attached hydrogen (secondary N) is 2. The first-order valence-electron chi connectivity index (χ1n) is 9.45. The minimum Gasteiger partial charge on any atom is -0.455 e. The molecule has 0 spiro atoms. The maximum Gasteiger partial charge on any atom is 0.228 e. The molecule has 0 radical (unpaired) electrons. The van der Waals surface area contributed by atoms with E-state index in [1.165, 1.54) is 0 Å². The molecule has 5 nitrogen and oxygen atoms in total. The largest absolute Gasteiger partial charge is 0.455 e. The monoisotopic (exact) mass is 366 g/mol. The quantitative estimate of drug-likeness (QED) is 0.735. The Morgan fingerprint density at radius 2 is 1.67 bits per heavy atom. The highest BCUT2D eigenvalue weighted by Gasteiger charge is 2.48. The van der Waals surface area contributed by atoms with Gasteiger partial charge in [0.1, 0.15) is 5.75 Å². The lowest BCUT2D eigenvalue weighted by molar-refractivity contribution is -0.125. The third kappa shape index (κ3) is 5.33. The van der Waals surface area contributed by atoms with Crippen LogP contribution in [0.25, 0.3) is 0 Å². The predicted octanol–water partition coefficient (Wildman–Crippen LogP) is 4.22. The summed E-state index contributed by atoms with van der Waals surface area (Å²) in [5, 5.41) is 5.83. The van der Waals surface area contributed by atoms with Gasteiger partial charge in [-0.15, -0.1) is 0 Å². The molecule has 0 saturated heterocycles. The molecular weight excluding hydrogens is 340 g/mol. The van der Waals surface area contributed by atoms with E-state index in [0.717, 1.165) is 6.42 Å². The molecule has 142 valence electrons. The van der Waals surface area contributed by atoms with Crippen LogP contribution < -0.4 is 15.4 Å². The molecule has 3 rings (SSSR count). The Hall–Kier alpha value is -2.82. The zero-order chi connectivity index (χ0) is 19.2. The number of carbonyl (C=O) groups excluding carboxylic acids is 2. The zero-order valence-corrected chi connectivity index (χ0v) is 15.8. The predicted molar refractivity (Wildman–Crippen MR) is 106 cm³/mol. The van der Waals surface area contributed by atoms with E-state index in [1.807, 2.05) is 48.5 Å². The van der Waals surface area contributed by atoms with E-state index < -0.39 is 0 Å². The summed E-state index contributed by atoms with van der Waals surface area (Å²) in [6.07, 6.45) is 1.54. The van der Waals surface area contributed by atoms with Crippen LogP contribution in [0, 0.1) is 17.8 Å². The van der Waals surface area contributed by atoms with Crippen molar-refractivity contribution < 1.29 is 14.3 Å². The second-order valence-electron chi connectivity index (χ2n) is 7.32. The highest BCUT2D eigenvalue weighted by molar-refractivity contribution is 6.00. The van der Waals surface area contributed by atoms with E-state index in [-0.39, 0.29) is 23.7 Å². The van der Waals surface area contributed by atoms with Crippen molar-refractivity contribution in [2.24, 2.45) is 17.8 Å². The average Bonchev–Trinajstić information content (AvgIpc) is 3.45. The molecule has 0 aromatic heterocycles. The summed E-state index contributed by atoms with van der Waals surface area (Å²) in [7, 11) is 0. The lowest BCUT2D eigenvalue weighted by Crippen LogP contribution is -2.28. The maximum atomic E-state index is 12.5. The van der Waals surface area contributed by atoms with Gasteiger partial charge in [-0.3, -0.25) is 9.59 Å². The Labute approximate surface area is 160 Å². The summed E-state index contributed by atoms with van der Waals surface area (Å²) in [6.45, 7) is 4.90. The molecule has 2 N–H and O–H groups in total. The van der Waals surface area contributed by atoms with Gasteiger partial charge in [0, 0.05) is 6.54 Å². The summed E-state index contributed by atoms with van der Waals surface area (Å²) in [5.41, 5.74) is 0.609. The van der Waals surface area contributed by atoms with Crippen LogP contribution in [0.3, 0.4) is 0 Å². The number of anilines is 1. The van der Waals surface area contributed by atoms with Crippen molar-refractivity contribution in [3.8, 4) is 11.5 Å². The number of rotatable bonds is 8. The van der Waals surface area contributed by atoms with E-state index in [0.29, 0.717) is 36.1 Å². The standard InChI is InChI=1S/C22H26N2O3/c1-15(2)12-13-23-21(25)17-14-18(17)22(26)24-19-10-6-7-11-20(19)27-16-8-4-3-5-9-16/h3-11,15,17-18H,12-14H2,1-2H3,(H,23,25)(H,24,26). The number of hydrogen-bond acceptors (Lipinski definition) is 3. The van der Waals surface area contributed by atoms with Crippen molar-refractivity contribution >= 4 is 17.5 Å². The number of amides is 2. The van der Waals surface area contributed by atoms with Gasteiger partial charge in [0.15, 0.2) is 5.75 Å². The Balaban J connectivity index is 1.55. The first-order valence-corrected chi connectivity index (χ1v) is 9.45. The van der Waals surface area contributed by atoms with Crippen molar-refractivity contribution in [3.63, 3.8) is 0 Å². The molecule has 2 unspecified atom stereocenters. The highest BCUT2D eigenvalue weighted by Crippen LogP contribution is 2.40. The normalized spacial score (nSPS) is 18.0. The third-order valence-corrected chi connectivity index (χ3v) is 4.60. The minimum absolute atomic E-state index is 0.0235. The number of hydrogen-bond donors (Lipinski definition) is 2. The second-order valence-corrected chi connectivity index (χ2v) is 7.32. The molecule has 1 fully saturated rings. The summed E-state index contributed by atoms with van der Waals surface area (Å²) >= 11 is 0. The van der Waals surface area contributed by atoms with Gasteiger partial charge in [0.2, 0.25) is 11.8 Å². The molecule has 0 aliphatic heterocycles. The first kappa shape index (κ1) is 19.0. The molecule has 2 atom stereocenters. The van der Waals surface area contributed by atoms with Gasteiger partial charge in [-0.1, -0.05) is 44.2 Å². The molecule has 2 aromatic rings. The molecule has 1 saturated carbocycles. The minimum atomic E-state index is -0.270. The highest BCUT2D eigenvalue weighted by atomic mass is 16.5. The smallest absolute Gasteiger partial charge is 0.228 e. The Morgan fingerprint density at radius 1 is 1.00 bits per heavy atom. The van der Waals surface area contributed by atoms with Crippen LogP contribution in [-0.4, -0.2) is 18.4 Å². The lowest BCUT2D eigenvalue weighted by atomic mass is 10.1. The van der Waals surface area contributed by atoms with Gasteiger partial charge in [-0.05, 0) is 43.0 Å². The molecule has 5 heteroatoms. The number of benzene rings is 2. The topological polar surface area (TPSA) is 67.4 Å². The van der Waals surface area contributed by atoms with Gasteiger partial charge in [0.05, 0.1) is 17.5 Å². The van der Waals surface area contributed by atoms with Gasteiger partial charge in [0.25, 0.3) is 0 Å². The van der Waals surface area contributed by atoms with Crippen LogP contribution in [0.1, 0.15) is 26.7 Å². The summed E-state index contributed by atoms with van der Waals surface area (Å²) < 4.78 is 5.87. The lowest BCUT2D eigenvalue weighted by Gasteiger charge is -2.12. The van der Waals surface area contributed by atoms with Crippen molar-refractivity contribution in [2.45, 2.75) is 26.7 Å². The molecule has 0 bridgehead atoms. The van der Waals surface area contributed by atoms with E-state index in [4.69, 9.17) is 4.74 Å². The van der Waals surface area contributed by atoms with Crippen molar-refractivity contribution in [2.75, 3.05) is 11.9 Å². The number of carbonyl (C=O) groups is 2. The fourth-order valence-corrected chi connectivity index (χ4v) is 2.89. The molecule has 2 amide bonds. The fourth-order valence-electron chi connectivity index (χ4n) is 2.89. The molecular formula is C22H26N2O3. The summed E-state index contributed by atoms with van der Waals surface area (Å²) in [6, 6.07) is 16.7. The van der Waals surface area contributed by atoms with E-state index in [1.54, 1.807) is 6.07 Å². The van der Waals surface area contributed by atoms with E-state index >= 15 is 0 Å². The molecule has 27 heavy (non-hydrogen) atoms. The fraction of sp³-hybridized carbons (Fsp3) is 0.364. The van der Waals surface area contributed by atoms with Crippen LogP contribution in [0.15, 0.2) is 54.6 Å². The van der Waals surface area contributed by atoms with Crippen LogP contribution in [0.2, 0.25) is 0 Å². The summed E-state index contributed by atoms with van der Waals surface area (Å²) in [4.78, 5) is 24.7. The summed E-state index contributed by atoms with van der Waals surface area (Å²) in [5.74, 6) is 1.18. The zero-order valence-electron chi connectivity index (χ0n) is 15.8. The van der Waals surface area contributed by atoms with Crippen LogP contribution >= 0.6 is 0 Å². The van der Waals surface area contributed by atoms with Crippen molar-refractivity contribution in [3.05, 3.63) is 54.6 Å². The van der Waals surface area contributed by atoms with Gasteiger partial charge in [-0.2, -0.15) is 0 Å². The number of para-hydroxylation sites is 3. The van der Waals surface area contributed by atoms with E-state index in [2.05, 4.69) is 24.5 Å². The molecule has 0 heterocycles. The van der Waals surface area contributed by atoms with Crippen molar-refractivity contribution in [1.29, 1.82) is 0 Å². The van der Waals surface area contributed by atoms with E-state index in [9.17, 15) is 9.59 Å². The molecule has 1 aliphatic rings. The first-order chi connectivity index (χ1) is 13.0. The van der Waals surface area contributed by atoms with Crippen LogP contribution in [0.5, 0.6) is 11.5 Å². The second kappa shape index (κ2) is 8.71. The molecule has 1 aliphatic carbocycles. The SMILES string of the molecule is CC(C)CCNC(=O)C1CC1C(=O)Nc1ccccc1Oc1ccccc1. The van der Waals surface area contributed by atoms with Gasteiger partial charge in [-0.25, -0.2) is 0 Å². The Morgan fingerprint density at radius 3 is 2.41 bits per heavy atom. The van der Waals surface area contributed by atoms with Crippen molar-refractivity contribution in [1.82, 2.24) is 5.32 Å². The third-order valence-electron chi connectivity index (χ3n) is 4.60. The number of ether oxygens (including phenoxy) is 1. The Bertz CT molecular complexity index is 789. The maximum absolute atomic E-state index is 12.5. The van der Waals surface area contributed by atoms with Crippen LogP contribution in [-0.2, 0) is 9.59 Å². The average molecular weight is 366 g/mol. The van der Waals surface area contributed by atoms with Gasteiger partial charge < -0.3 is 15.4 Å². The Kier molecular flexibility index (Phi) is 6.12. The molecule has 2 aromatic carbocycles. The van der Waals surface area contributed by atoms with Gasteiger partial charge >= 0.3 is 0 Å².